The Hall–Kier alpha value is -2.31. The molecule has 1 aromatic carbocycles. The van der Waals surface area contributed by atoms with Crippen LogP contribution >= 0.6 is 0 Å². The zero-order valence-corrected chi connectivity index (χ0v) is 11.2. The second kappa shape index (κ2) is 5.59. The predicted molar refractivity (Wildman–Crippen MR) is 69.0 cm³/mol. The maximum atomic E-state index is 13.7. The summed E-state index contributed by atoms with van der Waals surface area (Å²) < 4.78 is 34.5. The van der Waals surface area contributed by atoms with Crippen LogP contribution in [-0.4, -0.2) is 21.1 Å². The van der Waals surface area contributed by atoms with Crippen LogP contribution in [0.5, 0.6) is 5.75 Å². The third-order valence-electron chi connectivity index (χ3n) is 3.44. The molecule has 0 aliphatic carbocycles. The van der Waals surface area contributed by atoms with E-state index >= 15 is 0 Å². The number of nitrogens with zero attached hydrogens (tertiary/aromatic N) is 3. The highest BCUT2D eigenvalue weighted by Gasteiger charge is 2.18. The Kier molecular flexibility index (Phi) is 3.64. The van der Waals surface area contributed by atoms with Crippen molar-refractivity contribution < 1.29 is 18.3 Å². The molecular formula is C14H13F2N3O2. The standard InChI is InChI=1S/C14H13F2N3O2/c15-10-5-9(7-20)6-11(16)14(10)21-8-13-18-17-12-3-1-2-4-19(12)13/h5-7H,1-4,8H2. The molecule has 0 atom stereocenters. The fourth-order valence-electron chi connectivity index (χ4n) is 2.40. The van der Waals surface area contributed by atoms with E-state index in [1.165, 1.54) is 0 Å². The molecule has 0 unspecified atom stereocenters. The van der Waals surface area contributed by atoms with E-state index in [4.69, 9.17) is 4.74 Å². The SMILES string of the molecule is O=Cc1cc(F)c(OCc2nnc3n2CCCC3)c(F)c1. The smallest absolute Gasteiger partial charge is 0.191 e. The number of carbonyl (C=O) groups is 1. The van der Waals surface area contributed by atoms with E-state index < -0.39 is 17.4 Å². The Morgan fingerprint density at radius 3 is 2.71 bits per heavy atom. The number of rotatable bonds is 4. The first kappa shape index (κ1) is 13.7. The van der Waals surface area contributed by atoms with Gasteiger partial charge in [-0.3, -0.25) is 4.79 Å². The zero-order valence-electron chi connectivity index (χ0n) is 11.2. The lowest BCUT2D eigenvalue weighted by Crippen LogP contribution is -2.15. The lowest BCUT2D eigenvalue weighted by molar-refractivity contribution is 0.112. The lowest BCUT2D eigenvalue weighted by Gasteiger charge is -2.15. The quantitative estimate of drug-likeness (QED) is 0.812. The van der Waals surface area contributed by atoms with E-state index in [9.17, 15) is 13.6 Å². The van der Waals surface area contributed by atoms with Gasteiger partial charge in [0.05, 0.1) is 0 Å². The van der Waals surface area contributed by atoms with E-state index in [2.05, 4.69) is 10.2 Å². The van der Waals surface area contributed by atoms with Crippen LogP contribution in [0.1, 0.15) is 34.8 Å². The molecule has 1 aliphatic rings. The second-order valence-corrected chi connectivity index (χ2v) is 4.86. The van der Waals surface area contributed by atoms with Crippen molar-refractivity contribution in [1.29, 1.82) is 0 Å². The summed E-state index contributed by atoms with van der Waals surface area (Å²) in [6.07, 6.45) is 3.32. The van der Waals surface area contributed by atoms with Crippen molar-refractivity contribution in [3.8, 4) is 5.75 Å². The van der Waals surface area contributed by atoms with Gasteiger partial charge in [-0.1, -0.05) is 0 Å². The van der Waals surface area contributed by atoms with Crippen LogP contribution in [0.2, 0.25) is 0 Å². The molecular weight excluding hydrogens is 280 g/mol. The van der Waals surface area contributed by atoms with Gasteiger partial charge in [-0.25, -0.2) is 8.78 Å². The van der Waals surface area contributed by atoms with Gasteiger partial charge in [0.2, 0.25) is 0 Å². The molecule has 5 nitrogen and oxygen atoms in total. The third-order valence-corrected chi connectivity index (χ3v) is 3.44. The summed E-state index contributed by atoms with van der Waals surface area (Å²) in [4.78, 5) is 10.5. The molecule has 3 rings (SSSR count). The first-order valence-corrected chi connectivity index (χ1v) is 6.67. The number of ether oxygens (including phenoxy) is 1. The number of aryl methyl sites for hydroxylation is 1. The number of fused-ring (bicyclic) bond motifs is 1. The zero-order chi connectivity index (χ0) is 14.8. The topological polar surface area (TPSA) is 57.0 Å². The summed E-state index contributed by atoms with van der Waals surface area (Å²) in [5.74, 6) is -0.903. The van der Waals surface area contributed by atoms with Gasteiger partial charge in [0.15, 0.2) is 23.2 Å². The van der Waals surface area contributed by atoms with E-state index in [0.717, 1.165) is 43.8 Å². The number of carbonyl (C=O) groups excluding carboxylic acids is 1. The highest BCUT2D eigenvalue weighted by Crippen LogP contribution is 2.24. The Morgan fingerprint density at radius 1 is 1.24 bits per heavy atom. The van der Waals surface area contributed by atoms with Crippen molar-refractivity contribution in [2.24, 2.45) is 0 Å². The molecule has 1 aromatic heterocycles. The molecule has 0 bridgehead atoms. The van der Waals surface area contributed by atoms with Crippen molar-refractivity contribution in [1.82, 2.24) is 14.8 Å². The van der Waals surface area contributed by atoms with Crippen LogP contribution in [0.3, 0.4) is 0 Å². The van der Waals surface area contributed by atoms with Crippen LogP contribution in [-0.2, 0) is 19.6 Å². The van der Waals surface area contributed by atoms with E-state index in [1.54, 1.807) is 0 Å². The fraction of sp³-hybridized carbons (Fsp3) is 0.357. The Bertz CT molecular complexity index is 662. The normalized spacial score (nSPS) is 13.8. The largest absolute Gasteiger partial charge is 0.479 e. The average Bonchev–Trinajstić information content (AvgIpc) is 2.89. The van der Waals surface area contributed by atoms with Crippen LogP contribution < -0.4 is 4.74 Å². The van der Waals surface area contributed by atoms with Crippen LogP contribution in [0.15, 0.2) is 12.1 Å². The molecule has 110 valence electrons. The van der Waals surface area contributed by atoms with Crippen molar-refractivity contribution in [3.05, 3.63) is 41.0 Å². The molecule has 0 N–H and O–H groups in total. The van der Waals surface area contributed by atoms with Crippen molar-refractivity contribution >= 4 is 6.29 Å². The molecule has 0 saturated carbocycles. The number of hydrogen-bond acceptors (Lipinski definition) is 4. The van der Waals surface area contributed by atoms with Crippen molar-refractivity contribution in [2.75, 3.05) is 0 Å². The molecule has 0 spiro atoms. The first-order chi connectivity index (χ1) is 10.2. The lowest BCUT2D eigenvalue weighted by atomic mass is 10.2. The summed E-state index contributed by atoms with van der Waals surface area (Å²) in [7, 11) is 0. The Morgan fingerprint density at radius 2 is 2.00 bits per heavy atom. The minimum absolute atomic E-state index is 0.0682. The van der Waals surface area contributed by atoms with Crippen molar-refractivity contribution in [2.45, 2.75) is 32.4 Å². The molecule has 0 saturated heterocycles. The van der Waals surface area contributed by atoms with Gasteiger partial charge >= 0.3 is 0 Å². The van der Waals surface area contributed by atoms with Crippen molar-refractivity contribution in [3.63, 3.8) is 0 Å². The molecule has 1 aliphatic heterocycles. The molecule has 21 heavy (non-hydrogen) atoms. The molecule has 0 radical (unpaired) electrons. The number of hydrogen-bond donors (Lipinski definition) is 0. The number of benzene rings is 1. The molecule has 0 fully saturated rings. The molecule has 7 heteroatoms. The van der Waals surface area contributed by atoms with Gasteiger partial charge in [-0.05, 0) is 25.0 Å². The Balaban J connectivity index is 1.79. The highest BCUT2D eigenvalue weighted by atomic mass is 19.1. The third kappa shape index (κ3) is 2.63. The molecule has 0 amide bonds. The maximum absolute atomic E-state index is 13.7. The van der Waals surface area contributed by atoms with Crippen LogP contribution in [0.25, 0.3) is 0 Å². The fourth-order valence-corrected chi connectivity index (χ4v) is 2.40. The number of halogens is 2. The van der Waals surface area contributed by atoms with Gasteiger partial charge in [0.25, 0.3) is 0 Å². The van der Waals surface area contributed by atoms with E-state index in [-0.39, 0.29) is 12.2 Å². The predicted octanol–water partition coefficient (Wildman–Crippen LogP) is 2.28. The van der Waals surface area contributed by atoms with Crippen LogP contribution in [0.4, 0.5) is 8.78 Å². The number of aromatic nitrogens is 3. The van der Waals surface area contributed by atoms with E-state index in [0.29, 0.717) is 12.1 Å². The monoisotopic (exact) mass is 293 g/mol. The highest BCUT2D eigenvalue weighted by molar-refractivity contribution is 5.75. The summed E-state index contributed by atoms with van der Waals surface area (Å²) in [5, 5.41) is 8.03. The van der Waals surface area contributed by atoms with Gasteiger partial charge in [-0.15, -0.1) is 10.2 Å². The van der Waals surface area contributed by atoms with Gasteiger partial charge in [0.1, 0.15) is 18.7 Å². The molecule has 2 aromatic rings. The second-order valence-electron chi connectivity index (χ2n) is 4.86. The minimum atomic E-state index is -0.907. The number of aldehydes is 1. The van der Waals surface area contributed by atoms with Crippen LogP contribution in [0, 0.1) is 11.6 Å². The van der Waals surface area contributed by atoms with Gasteiger partial charge in [0, 0.05) is 18.5 Å². The molecule has 2 heterocycles. The first-order valence-electron chi connectivity index (χ1n) is 6.67. The van der Waals surface area contributed by atoms with Gasteiger partial charge < -0.3 is 9.30 Å². The summed E-state index contributed by atoms with van der Waals surface area (Å²) in [6, 6.07) is 1.87. The van der Waals surface area contributed by atoms with E-state index in [1.807, 2.05) is 4.57 Å². The Labute approximate surface area is 119 Å². The maximum Gasteiger partial charge on any atom is 0.191 e. The summed E-state index contributed by atoms with van der Waals surface area (Å²) in [5.41, 5.74) is -0.0720. The summed E-state index contributed by atoms with van der Waals surface area (Å²) in [6.45, 7) is 0.720. The minimum Gasteiger partial charge on any atom is -0.479 e. The average molecular weight is 293 g/mol. The van der Waals surface area contributed by atoms with Gasteiger partial charge in [-0.2, -0.15) is 0 Å². The summed E-state index contributed by atoms with van der Waals surface area (Å²) >= 11 is 0.